The van der Waals surface area contributed by atoms with Gasteiger partial charge in [-0.3, -0.25) is 9.10 Å². The van der Waals surface area contributed by atoms with Crippen molar-refractivity contribution in [1.82, 2.24) is 4.90 Å². The highest BCUT2D eigenvalue weighted by atomic mass is 32.2. The zero-order valence-corrected chi connectivity index (χ0v) is 18.4. The fourth-order valence-corrected chi connectivity index (χ4v) is 4.76. The molecule has 0 aliphatic carbocycles. The van der Waals surface area contributed by atoms with Crippen molar-refractivity contribution < 1.29 is 13.2 Å². The molecule has 0 aromatic heterocycles. The molecule has 1 heterocycles. The number of nitrogens with zero attached hydrogens (tertiary/aromatic N) is 3. The number of carbonyl (C=O) groups excluding carboxylic acids is 1. The van der Waals surface area contributed by atoms with Gasteiger partial charge in [0.05, 0.1) is 11.9 Å². The lowest BCUT2D eigenvalue weighted by Crippen LogP contribution is -2.49. The van der Waals surface area contributed by atoms with Crippen molar-refractivity contribution in [2.75, 3.05) is 48.2 Å². The molecule has 1 aliphatic heterocycles. The zero-order chi connectivity index (χ0) is 21.2. The lowest BCUT2D eigenvalue weighted by molar-refractivity contribution is 0.0747. The fraction of sp³-hybridized carbons (Fsp3) is 0.409. The summed E-state index contributed by atoms with van der Waals surface area (Å²) in [7, 11) is -3.33. The molecule has 6 nitrogen and oxygen atoms in total. The van der Waals surface area contributed by atoms with E-state index in [1.54, 1.807) is 31.2 Å². The summed E-state index contributed by atoms with van der Waals surface area (Å²) in [5, 5.41) is 0. The number of hydrogen-bond acceptors (Lipinski definition) is 4. The minimum Gasteiger partial charge on any atom is -0.368 e. The van der Waals surface area contributed by atoms with Gasteiger partial charge in [0.2, 0.25) is 10.0 Å². The standard InChI is InChI=1S/C22H29N3O3S/c1-5-25(29(4,27)28)20-11-9-19(10-12-20)22(26)24-15-13-23(14-16-24)21-8-6-7-17(2)18(21)3/h6-12H,5,13-16H2,1-4H3. The number of rotatable bonds is 5. The molecule has 0 N–H and O–H groups in total. The van der Waals surface area contributed by atoms with E-state index in [0.29, 0.717) is 30.9 Å². The normalized spacial score (nSPS) is 14.8. The van der Waals surface area contributed by atoms with E-state index in [9.17, 15) is 13.2 Å². The fourth-order valence-electron chi connectivity index (χ4n) is 3.79. The average Bonchev–Trinajstić information content (AvgIpc) is 2.70. The van der Waals surface area contributed by atoms with Crippen LogP contribution in [0.25, 0.3) is 0 Å². The molecule has 0 spiro atoms. The molecule has 2 aromatic carbocycles. The Hall–Kier alpha value is -2.54. The monoisotopic (exact) mass is 415 g/mol. The summed E-state index contributed by atoms with van der Waals surface area (Å²) in [6.07, 6.45) is 1.19. The molecule has 1 aliphatic rings. The van der Waals surface area contributed by atoms with Crippen molar-refractivity contribution in [2.24, 2.45) is 0 Å². The van der Waals surface area contributed by atoms with E-state index in [2.05, 4.69) is 36.9 Å². The lowest BCUT2D eigenvalue weighted by Gasteiger charge is -2.37. The molecular weight excluding hydrogens is 386 g/mol. The number of sulfonamides is 1. The second kappa shape index (κ2) is 8.45. The molecule has 0 unspecified atom stereocenters. The molecule has 156 valence electrons. The highest BCUT2D eigenvalue weighted by Crippen LogP contribution is 2.24. The minimum atomic E-state index is -3.33. The molecule has 1 amide bonds. The summed E-state index contributed by atoms with van der Waals surface area (Å²) in [5.74, 6) is -0.0143. The Morgan fingerprint density at radius 2 is 1.62 bits per heavy atom. The van der Waals surface area contributed by atoms with Crippen LogP contribution in [-0.2, 0) is 10.0 Å². The summed E-state index contributed by atoms with van der Waals surface area (Å²) in [5.41, 5.74) is 4.96. The van der Waals surface area contributed by atoms with Crippen molar-refractivity contribution in [2.45, 2.75) is 20.8 Å². The number of anilines is 2. The molecule has 2 aromatic rings. The Kier molecular flexibility index (Phi) is 6.17. The molecule has 7 heteroatoms. The number of hydrogen-bond donors (Lipinski definition) is 0. The van der Waals surface area contributed by atoms with E-state index < -0.39 is 10.0 Å². The van der Waals surface area contributed by atoms with Crippen molar-refractivity contribution in [3.63, 3.8) is 0 Å². The van der Waals surface area contributed by atoms with Crippen LogP contribution >= 0.6 is 0 Å². The van der Waals surface area contributed by atoms with Crippen LogP contribution in [0.1, 0.15) is 28.4 Å². The second-order valence-electron chi connectivity index (χ2n) is 7.47. The molecule has 0 saturated carbocycles. The van der Waals surface area contributed by atoms with Gasteiger partial charge in [-0.15, -0.1) is 0 Å². The van der Waals surface area contributed by atoms with Crippen LogP contribution < -0.4 is 9.21 Å². The molecule has 1 fully saturated rings. The smallest absolute Gasteiger partial charge is 0.253 e. The highest BCUT2D eigenvalue weighted by molar-refractivity contribution is 7.92. The summed E-state index contributed by atoms with van der Waals surface area (Å²) >= 11 is 0. The van der Waals surface area contributed by atoms with Crippen LogP contribution in [0.5, 0.6) is 0 Å². The van der Waals surface area contributed by atoms with Crippen molar-refractivity contribution in [1.29, 1.82) is 0 Å². The van der Waals surface area contributed by atoms with E-state index >= 15 is 0 Å². The van der Waals surface area contributed by atoms with E-state index in [-0.39, 0.29) is 5.91 Å². The largest absolute Gasteiger partial charge is 0.368 e. The first-order valence-electron chi connectivity index (χ1n) is 9.90. The molecule has 1 saturated heterocycles. The van der Waals surface area contributed by atoms with Gasteiger partial charge < -0.3 is 9.80 Å². The van der Waals surface area contributed by atoms with Gasteiger partial charge in [0.25, 0.3) is 5.91 Å². The van der Waals surface area contributed by atoms with Crippen LogP contribution in [0.3, 0.4) is 0 Å². The third kappa shape index (κ3) is 4.56. The first kappa shape index (κ1) is 21.2. The van der Waals surface area contributed by atoms with Crippen LogP contribution in [0.15, 0.2) is 42.5 Å². The quantitative estimate of drug-likeness (QED) is 0.753. The van der Waals surface area contributed by atoms with Crippen molar-refractivity contribution in [3.05, 3.63) is 59.2 Å². The summed E-state index contributed by atoms with van der Waals surface area (Å²) < 4.78 is 25.1. The summed E-state index contributed by atoms with van der Waals surface area (Å²) in [6, 6.07) is 13.2. The third-order valence-corrected chi connectivity index (χ3v) is 6.84. The molecule has 0 atom stereocenters. The SMILES string of the molecule is CCN(c1ccc(C(=O)N2CCN(c3cccc(C)c3C)CC2)cc1)S(C)(=O)=O. The van der Waals surface area contributed by atoms with E-state index in [4.69, 9.17) is 0 Å². The zero-order valence-electron chi connectivity index (χ0n) is 17.6. The van der Waals surface area contributed by atoms with Gasteiger partial charge in [0.15, 0.2) is 0 Å². The van der Waals surface area contributed by atoms with Crippen LogP contribution in [0.4, 0.5) is 11.4 Å². The lowest BCUT2D eigenvalue weighted by atomic mass is 10.1. The second-order valence-corrected chi connectivity index (χ2v) is 9.38. The van der Waals surface area contributed by atoms with Gasteiger partial charge in [0, 0.05) is 44.0 Å². The van der Waals surface area contributed by atoms with Gasteiger partial charge in [0.1, 0.15) is 0 Å². The maximum Gasteiger partial charge on any atom is 0.253 e. The van der Waals surface area contributed by atoms with Crippen molar-refractivity contribution in [3.8, 4) is 0 Å². The Bertz CT molecular complexity index is 979. The number of aryl methyl sites for hydroxylation is 1. The van der Waals surface area contributed by atoms with Gasteiger partial charge in [-0.05, 0) is 62.2 Å². The van der Waals surface area contributed by atoms with E-state index in [1.165, 1.54) is 27.4 Å². The molecule has 0 bridgehead atoms. The maximum absolute atomic E-state index is 12.9. The first-order valence-corrected chi connectivity index (χ1v) is 11.8. The Morgan fingerprint density at radius 1 is 1.00 bits per heavy atom. The number of amides is 1. The number of benzene rings is 2. The van der Waals surface area contributed by atoms with Crippen molar-refractivity contribution >= 4 is 27.3 Å². The molecule has 0 radical (unpaired) electrons. The Labute approximate surface area is 173 Å². The van der Waals surface area contributed by atoms with Gasteiger partial charge in [-0.25, -0.2) is 8.42 Å². The summed E-state index contributed by atoms with van der Waals surface area (Å²) in [6.45, 7) is 9.32. The minimum absolute atomic E-state index is 0.0143. The average molecular weight is 416 g/mol. The first-order chi connectivity index (χ1) is 13.7. The van der Waals surface area contributed by atoms with Gasteiger partial charge >= 0.3 is 0 Å². The van der Waals surface area contributed by atoms with Crippen LogP contribution in [0.2, 0.25) is 0 Å². The number of piperazine rings is 1. The highest BCUT2D eigenvalue weighted by Gasteiger charge is 2.24. The van der Waals surface area contributed by atoms with E-state index in [1.807, 2.05) is 4.90 Å². The topological polar surface area (TPSA) is 60.9 Å². The van der Waals surface area contributed by atoms with E-state index in [0.717, 1.165) is 13.1 Å². The van der Waals surface area contributed by atoms with Gasteiger partial charge in [-0.1, -0.05) is 12.1 Å². The van der Waals surface area contributed by atoms with Crippen LogP contribution in [-0.4, -0.2) is 58.2 Å². The Morgan fingerprint density at radius 3 is 2.17 bits per heavy atom. The van der Waals surface area contributed by atoms with Gasteiger partial charge in [-0.2, -0.15) is 0 Å². The predicted octanol–water partition coefficient (Wildman–Crippen LogP) is 3.05. The molecule has 3 rings (SSSR count). The Balaban J connectivity index is 1.67. The molecule has 29 heavy (non-hydrogen) atoms. The summed E-state index contributed by atoms with van der Waals surface area (Å²) in [4.78, 5) is 17.1. The number of carbonyl (C=O) groups is 1. The van der Waals surface area contributed by atoms with Crippen LogP contribution in [0, 0.1) is 13.8 Å². The predicted molar refractivity (Wildman–Crippen MR) is 118 cm³/mol. The molecular formula is C22H29N3O3S. The maximum atomic E-state index is 12.9. The third-order valence-electron chi connectivity index (χ3n) is 5.57.